The first-order valence-corrected chi connectivity index (χ1v) is 8.94. The van der Waals surface area contributed by atoms with Crippen LogP contribution < -0.4 is 0 Å². The quantitative estimate of drug-likeness (QED) is 0.807. The summed E-state index contributed by atoms with van der Waals surface area (Å²) in [7, 11) is -3.38. The third kappa shape index (κ3) is 3.83. The molecule has 0 unspecified atom stereocenters. The van der Waals surface area contributed by atoms with Gasteiger partial charge in [-0.15, -0.1) is 0 Å². The van der Waals surface area contributed by atoms with Crippen LogP contribution in [0.5, 0.6) is 0 Å². The molecule has 0 spiro atoms. The number of hydrogen-bond acceptors (Lipinski definition) is 3. The van der Waals surface area contributed by atoms with Crippen molar-refractivity contribution < 1.29 is 8.42 Å². The van der Waals surface area contributed by atoms with E-state index in [0.717, 1.165) is 24.1 Å². The maximum Gasteiger partial charge on any atom is 0.243 e. The third-order valence-corrected chi connectivity index (χ3v) is 5.86. The number of rotatable bonds is 4. The normalized spacial score (nSPS) is 18.7. The monoisotopic (exact) mass is 378 g/mol. The number of sulfonamides is 1. The highest BCUT2D eigenvalue weighted by Gasteiger charge is 2.27. The molecule has 20 heavy (non-hydrogen) atoms. The Morgan fingerprint density at radius 2 is 1.75 bits per heavy atom. The van der Waals surface area contributed by atoms with E-state index in [0.29, 0.717) is 18.0 Å². The second kappa shape index (κ2) is 7.04. The van der Waals surface area contributed by atoms with Crippen LogP contribution in [0, 0.1) is 0 Å². The highest BCUT2D eigenvalue weighted by Crippen LogP contribution is 2.20. The summed E-state index contributed by atoms with van der Waals surface area (Å²) in [6, 6.07) is 6.74. The summed E-state index contributed by atoms with van der Waals surface area (Å²) in [4.78, 5) is 2.52. The summed E-state index contributed by atoms with van der Waals surface area (Å²) in [5.74, 6) is 0. The Morgan fingerprint density at radius 1 is 1.15 bits per heavy atom. The van der Waals surface area contributed by atoms with Crippen LogP contribution in [0.2, 0.25) is 0 Å². The Balaban J connectivity index is 2.03. The summed E-state index contributed by atoms with van der Waals surface area (Å²) < 4.78 is 27.4. The minimum absolute atomic E-state index is 0.342. The number of nitrogens with zero attached hydrogens (tertiary/aromatic N) is 2. The molecule has 2 rings (SSSR count). The molecule has 0 radical (unpaired) electrons. The minimum atomic E-state index is -3.38. The van der Waals surface area contributed by atoms with Crippen molar-refractivity contribution in [3.63, 3.8) is 0 Å². The van der Waals surface area contributed by atoms with Gasteiger partial charge in [0.1, 0.15) is 0 Å². The Labute approximate surface area is 133 Å². The Kier molecular flexibility index (Phi) is 5.63. The molecule has 0 amide bonds. The molecule has 0 aromatic heterocycles. The van der Waals surface area contributed by atoms with E-state index in [-0.39, 0.29) is 0 Å². The summed E-state index contributed by atoms with van der Waals surface area (Å²) in [6.45, 7) is 3.21. The van der Waals surface area contributed by atoms with Crippen molar-refractivity contribution in [2.45, 2.75) is 4.90 Å². The van der Waals surface area contributed by atoms with Gasteiger partial charge in [-0.25, -0.2) is 8.42 Å². The van der Waals surface area contributed by atoms with E-state index in [1.165, 1.54) is 9.84 Å². The van der Waals surface area contributed by atoms with Gasteiger partial charge in [-0.3, -0.25) is 4.90 Å². The van der Waals surface area contributed by atoms with Gasteiger partial charge in [0.05, 0.1) is 4.90 Å². The van der Waals surface area contributed by atoms with E-state index in [9.17, 15) is 8.42 Å². The van der Waals surface area contributed by atoms with Gasteiger partial charge in [-0.2, -0.15) is 4.31 Å². The van der Waals surface area contributed by atoms with E-state index in [1.54, 1.807) is 24.3 Å². The number of halogens is 2. The van der Waals surface area contributed by atoms with E-state index in [4.69, 9.17) is 11.6 Å². The average Bonchev–Trinajstić information content (AvgIpc) is 2.46. The van der Waals surface area contributed by atoms with Crippen molar-refractivity contribution in [2.75, 3.05) is 32.7 Å². The number of hydrogen-bond donors (Lipinski definition) is 0. The zero-order valence-corrected chi connectivity index (χ0v) is 14.0. The summed E-state index contributed by atoms with van der Waals surface area (Å²) in [6.07, 6.45) is 1.86. The van der Waals surface area contributed by atoms with Crippen molar-refractivity contribution in [2.24, 2.45) is 0 Å². The van der Waals surface area contributed by atoms with Crippen LogP contribution in [0.1, 0.15) is 0 Å². The summed E-state index contributed by atoms with van der Waals surface area (Å²) in [5, 5.41) is 0. The molecular weight excluding hydrogens is 364 g/mol. The van der Waals surface area contributed by atoms with E-state index in [1.807, 2.05) is 6.08 Å². The Bertz CT molecular complexity index is 567. The molecule has 1 aromatic carbocycles. The van der Waals surface area contributed by atoms with Crippen molar-refractivity contribution in [3.8, 4) is 0 Å². The van der Waals surface area contributed by atoms with Crippen molar-refractivity contribution in [3.05, 3.63) is 40.3 Å². The maximum absolute atomic E-state index is 12.5. The van der Waals surface area contributed by atoms with E-state index in [2.05, 4.69) is 20.8 Å². The molecular formula is C13H16BrClN2O2S. The molecule has 0 atom stereocenters. The molecule has 0 bridgehead atoms. The van der Waals surface area contributed by atoms with Gasteiger partial charge in [-0.1, -0.05) is 33.6 Å². The molecule has 1 heterocycles. The second-order valence-electron chi connectivity index (χ2n) is 4.52. The van der Waals surface area contributed by atoms with E-state index < -0.39 is 10.0 Å². The molecule has 110 valence electrons. The lowest BCUT2D eigenvalue weighted by Crippen LogP contribution is -2.48. The van der Waals surface area contributed by atoms with Gasteiger partial charge in [-0.05, 0) is 24.3 Å². The molecule has 1 aliphatic rings. The smallest absolute Gasteiger partial charge is 0.243 e. The molecule has 1 fully saturated rings. The van der Waals surface area contributed by atoms with Crippen molar-refractivity contribution in [1.29, 1.82) is 0 Å². The topological polar surface area (TPSA) is 40.6 Å². The fourth-order valence-electron chi connectivity index (χ4n) is 2.10. The summed E-state index contributed by atoms with van der Waals surface area (Å²) in [5.41, 5.74) is 1.49. The van der Waals surface area contributed by atoms with Crippen molar-refractivity contribution >= 4 is 37.6 Å². The van der Waals surface area contributed by atoms with Gasteiger partial charge in [0.25, 0.3) is 0 Å². The lowest BCUT2D eigenvalue weighted by Gasteiger charge is -2.33. The van der Waals surface area contributed by atoms with Gasteiger partial charge >= 0.3 is 0 Å². The molecule has 1 saturated heterocycles. The molecule has 4 nitrogen and oxygen atoms in total. The van der Waals surface area contributed by atoms with Gasteiger partial charge in [0, 0.05) is 42.7 Å². The first-order valence-electron chi connectivity index (χ1n) is 6.27. The van der Waals surface area contributed by atoms with Crippen molar-refractivity contribution in [1.82, 2.24) is 9.21 Å². The largest absolute Gasteiger partial charge is 0.297 e. The summed E-state index contributed by atoms with van der Waals surface area (Å²) >= 11 is 8.81. The standard InChI is InChI=1S/C13H16BrClN2O2S/c14-12-2-4-13(5-3-12)20(18,19)17-10-8-16(9-11-17)7-1-6-15/h1-6H,7-11H2/b6-1+. The van der Waals surface area contributed by atoms with Gasteiger partial charge in [0.15, 0.2) is 0 Å². The van der Waals surface area contributed by atoms with E-state index >= 15 is 0 Å². The number of benzene rings is 1. The van der Waals surface area contributed by atoms with Crippen LogP contribution >= 0.6 is 27.5 Å². The predicted molar refractivity (Wildman–Crippen MR) is 84.3 cm³/mol. The van der Waals surface area contributed by atoms with Crippen LogP contribution in [0.3, 0.4) is 0 Å². The van der Waals surface area contributed by atoms with Crippen LogP contribution in [0.15, 0.2) is 45.2 Å². The Morgan fingerprint density at radius 3 is 2.30 bits per heavy atom. The fraction of sp³-hybridized carbons (Fsp3) is 0.385. The van der Waals surface area contributed by atoms with Crippen LogP contribution in [0.25, 0.3) is 0 Å². The molecule has 1 aromatic rings. The lowest BCUT2D eigenvalue weighted by atomic mass is 10.3. The number of piperazine rings is 1. The van der Waals surface area contributed by atoms with Crippen LogP contribution in [-0.4, -0.2) is 50.3 Å². The SMILES string of the molecule is O=S(=O)(c1ccc(Br)cc1)N1CCN(C/C=C/Cl)CC1. The highest BCUT2D eigenvalue weighted by atomic mass is 79.9. The predicted octanol–water partition coefficient (Wildman–Crippen LogP) is 2.51. The fourth-order valence-corrected chi connectivity index (χ4v) is 3.86. The molecule has 0 aliphatic carbocycles. The first-order chi connectivity index (χ1) is 9.54. The minimum Gasteiger partial charge on any atom is -0.297 e. The lowest BCUT2D eigenvalue weighted by molar-refractivity contribution is 0.204. The van der Waals surface area contributed by atoms with Gasteiger partial charge in [0.2, 0.25) is 10.0 Å². The third-order valence-electron chi connectivity index (χ3n) is 3.24. The van der Waals surface area contributed by atoms with Crippen LogP contribution in [-0.2, 0) is 10.0 Å². The van der Waals surface area contributed by atoms with Crippen LogP contribution in [0.4, 0.5) is 0 Å². The maximum atomic E-state index is 12.5. The zero-order chi connectivity index (χ0) is 14.6. The molecule has 0 N–H and O–H groups in total. The first kappa shape index (κ1) is 16.0. The molecule has 7 heteroatoms. The molecule has 0 saturated carbocycles. The second-order valence-corrected chi connectivity index (χ2v) is 7.63. The average molecular weight is 380 g/mol. The molecule has 1 aliphatic heterocycles. The Hall–Kier alpha value is -0.400. The zero-order valence-electron chi connectivity index (χ0n) is 10.9. The van der Waals surface area contributed by atoms with Gasteiger partial charge < -0.3 is 0 Å². The highest BCUT2D eigenvalue weighted by molar-refractivity contribution is 9.10.